The summed E-state index contributed by atoms with van der Waals surface area (Å²) in [6.45, 7) is 16.5. The molecule has 276 valence electrons. The van der Waals surface area contributed by atoms with Crippen molar-refractivity contribution in [3.8, 4) is 0 Å². The molecule has 0 bridgehead atoms. The predicted molar refractivity (Wildman–Crippen MR) is 175 cm³/mol. The highest BCUT2D eigenvalue weighted by atomic mass is 16.6. The van der Waals surface area contributed by atoms with Gasteiger partial charge in [0.1, 0.15) is 0 Å². The van der Waals surface area contributed by atoms with Crippen molar-refractivity contribution in [2.24, 2.45) is 0 Å². The van der Waals surface area contributed by atoms with Crippen molar-refractivity contribution in [1.29, 1.82) is 0 Å². The van der Waals surface area contributed by atoms with Crippen LogP contribution < -0.4 is 31.9 Å². The smallest absolute Gasteiger partial charge is 0.407 e. The van der Waals surface area contributed by atoms with Crippen LogP contribution in [-0.2, 0) is 28.4 Å². The number of carbonyl (C=O) groups excluding carboxylic acids is 6. The Balaban J connectivity index is -0.000000104. The van der Waals surface area contributed by atoms with Crippen LogP contribution in [0.1, 0.15) is 68.2 Å². The van der Waals surface area contributed by atoms with Gasteiger partial charge in [-0.15, -0.1) is 0 Å². The van der Waals surface area contributed by atoms with E-state index >= 15 is 0 Å². The van der Waals surface area contributed by atoms with Crippen molar-refractivity contribution < 1.29 is 57.2 Å². The zero-order valence-corrected chi connectivity index (χ0v) is 30.3. The van der Waals surface area contributed by atoms with E-state index in [0.29, 0.717) is 26.4 Å². The van der Waals surface area contributed by atoms with Gasteiger partial charge in [0.2, 0.25) is 0 Å². The van der Waals surface area contributed by atoms with E-state index in [-0.39, 0.29) is 48.8 Å². The fraction of sp³-hybridized carbons (Fsp3) is 0.786. The van der Waals surface area contributed by atoms with Crippen LogP contribution in [0.15, 0.2) is 0 Å². The summed E-state index contributed by atoms with van der Waals surface area (Å²) < 4.78 is 27.4. The Morgan fingerprint density at radius 3 is 0.739 bits per heavy atom. The lowest BCUT2D eigenvalue weighted by molar-refractivity contribution is 0.116. The second-order valence-corrected chi connectivity index (χ2v) is 8.12. The van der Waals surface area contributed by atoms with Crippen LogP contribution in [0.3, 0.4) is 0 Å². The second kappa shape index (κ2) is 45.1. The standard InChI is InChI=1S/4C5H11NO2.2C4H9NO2/c2*1-4(2)8-5(7)6-3;2*1-3-4-8-5(7)6-2;2*1-3-7-4(6)5-2/h2*4H,1-3H3,(H,6,7);2*3-4H2,1-2H3,(H,6,7);2*3H2,1-2H3,(H,5,6). The SMILES string of the molecule is CCCOC(=O)NC.CCCOC(=O)NC.CCOC(=O)NC.CCOC(=O)NC.CNC(=O)OC(C)C.CNC(=O)OC(C)C. The summed E-state index contributed by atoms with van der Waals surface area (Å²) in [6, 6.07) is 0. The number of ether oxygens (including phenoxy) is 6. The van der Waals surface area contributed by atoms with Gasteiger partial charge in [0.15, 0.2) is 0 Å². The summed E-state index contributed by atoms with van der Waals surface area (Å²) in [7, 11) is 9.20. The topological polar surface area (TPSA) is 230 Å². The third-order valence-corrected chi connectivity index (χ3v) is 3.34. The van der Waals surface area contributed by atoms with E-state index in [4.69, 9.17) is 0 Å². The van der Waals surface area contributed by atoms with Gasteiger partial charge >= 0.3 is 36.6 Å². The lowest BCUT2D eigenvalue weighted by Gasteiger charge is -2.04. The Bertz CT molecular complexity index is 682. The number of hydrogen-bond acceptors (Lipinski definition) is 12. The van der Waals surface area contributed by atoms with E-state index in [2.05, 4.69) is 60.3 Å². The monoisotopic (exact) mass is 674 g/mol. The number of rotatable bonds is 8. The molecule has 6 N–H and O–H groups in total. The third kappa shape index (κ3) is 67.4. The molecule has 0 aromatic carbocycles. The molecule has 0 spiro atoms. The molecule has 6 amide bonds. The average Bonchev–Trinajstić information content (AvgIpc) is 3.03. The number of nitrogens with one attached hydrogen (secondary N) is 6. The molecule has 0 saturated heterocycles. The van der Waals surface area contributed by atoms with Crippen LogP contribution in [-0.4, -0.2) is 117 Å². The minimum absolute atomic E-state index is 0.0325. The molecule has 18 heteroatoms. The molecular formula is C28H62N6O12. The molecule has 0 aromatic rings. The van der Waals surface area contributed by atoms with Crippen molar-refractivity contribution in [2.75, 3.05) is 68.7 Å². The lowest BCUT2D eigenvalue weighted by atomic mass is 10.5. The normalized spacial score (nSPS) is 8.35. The van der Waals surface area contributed by atoms with E-state index < -0.39 is 0 Å². The van der Waals surface area contributed by atoms with Gasteiger partial charge < -0.3 is 60.3 Å². The maximum atomic E-state index is 10.3. The predicted octanol–water partition coefficient (Wildman–Crippen LogP) is 3.73. The first-order chi connectivity index (χ1) is 21.6. The molecule has 0 aromatic heterocycles. The van der Waals surface area contributed by atoms with Gasteiger partial charge in [-0.3, -0.25) is 0 Å². The molecule has 0 heterocycles. The third-order valence-electron chi connectivity index (χ3n) is 3.34. The highest BCUT2D eigenvalue weighted by Crippen LogP contribution is 1.86. The Morgan fingerprint density at radius 2 is 0.630 bits per heavy atom. The Morgan fingerprint density at radius 1 is 0.413 bits per heavy atom. The molecule has 0 aliphatic carbocycles. The quantitative estimate of drug-likeness (QED) is 0.202. The summed E-state index contributed by atoms with van der Waals surface area (Å²) in [5.74, 6) is 0. The summed E-state index contributed by atoms with van der Waals surface area (Å²) in [5.41, 5.74) is 0. The first kappa shape index (κ1) is 54.1. The van der Waals surface area contributed by atoms with E-state index in [1.807, 2.05) is 13.8 Å². The van der Waals surface area contributed by atoms with Gasteiger partial charge in [0, 0.05) is 42.3 Å². The van der Waals surface area contributed by atoms with Crippen LogP contribution in [0.4, 0.5) is 28.8 Å². The zero-order chi connectivity index (χ0) is 37.3. The highest BCUT2D eigenvalue weighted by molar-refractivity contribution is 5.68. The largest absolute Gasteiger partial charge is 0.450 e. The molecule has 0 rings (SSSR count). The van der Waals surface area contributed by atoms with Crippen molar-refractivity contribution in [1.82, 2.24) is 31.9 Å². The number of carbonyl (C=O) groups is 6. The molecule has 18 nitrogen and oxygen atoms in total. The number of amides is 6. The van der Waals surface area contributed by atoms with Crippen molar-refractivity contribution in [3.63, 3.8) is 0 Å². The minimum Gasteiger partial charge on any atom is -0.450 e. The van der Waals surface area contributed by atoms with Crippen molar-refractivity contribution in [3.05, 3.63) is 0 Å². The molecule has 0 aliphatic rings. The lowest BCUT2D eigenvalue weighted by Crippen LogP contribution is -2.22. The molecule has 0 fully saturated rings. The van der Waals surface area contributed by atoms with Gasteiger partial charge in [-0.25, -0.2) is 28.8 Å². The van der Waals surface area contributed by atoms with Crippen molar-refractivity contribution in [2.45, 2.75) is 80.4 Å². The van der Waals surface area contributed by atoms with Crippen LogP contribution >= 0.6 is 0 Å². The van der Waals surface area contributed by atoms with Gasteiger partial charge in [-0.1, -0.05) is 13.8 Å². The Kier molecular flexibility index (Phi) is 53.0. The van der Waals surface area contributed by atoms with Crippen LogP contribution in [0, 0.1) is 0 Å². The summed E-state index contributed by atoms with van der Waals surface area (Å²) in [4.78, 5) is 61.2. The van der Waals surface area contributed by atoms with Gasteiger partial charge in [-0.2, -0.15) is 0 Å². The Labute approximate surface area is 275 Å². The van der Waals surface area contributed by atoms with Gasteiger partial charge in [0.05, 0.1) is 38.6 Å². The molecule has 0 atom stereocenters. The fourth-order valence-electron chi connectivity index (χ4n) is 1.49. The molecule has 0 aliphatic heterocycles. The molecule has 0 unspecified atom stereocenters. The summed E-state index contributed by atoms with van der Waals surface area (Å²) >= 11 is 0. The van der Waals surface area contributed by atoms with Gasteiger partial charge in [0.25, 0.3) is 0 Å². The maximum absolute atomic E-state index is 10.3. The van der Waals surface area contributed by atoms with Crippen LogP contribution in [0.5, 0.6) is 0 Å². The molecule has 0 radical (unpaired) electrons. The first-order valence-corrected chi connectivity index (χ1v) is 14.7. The van der Waals surface area contributed by atoms with Gasteiger partial charge in [-0.05, 0) is 54.4 Å². The average molecular weight is 675 g/mol. The number of hydrogen-bond donors (Lipinski definition) is 6. The van der Waals surface area contributed by atoms with Crippen LogP contribution in [0.2, 0.25) is 0 Å². The molecule has 46 heavy (non-hydrogen) atoms. The van der Waals surface area contributed by atoms with Crippen molar-refractivity contribution >= 4 is 36.6 Å². The minimum atomic E-state index is -0.375. The molecular weight excluding hydrogens is 612 g/mol. The number of alkyl carbamates (subject to hydrolysis) is 6. The van der Waals surface area contributed by atoms with E-state index in [1.165, 1.54) is 42.3 Å². The second-order valence-electron chi connectivity index (χ2n) is 8.12. The van der Waals surface area contributed by atoms with E-state index in [9.17, 15) is 28.8 Å². The summed E-state index contributed by atoms with van der Waals surface area (Å²) in [5, 5.41) is 14.0. The maximum Gasteiger partial charge on any atom is 0.407 e. The Hall–Kier alpha value is -4.38. The first-order valence-electron chi connectivity index (χ1n) is 14.7. The van der Waals surface area contributed by atoms with Crippen LogP contribution in [0.25, 0.3) is 0 Å². The zero-order valence-electron chi connectivity index (χ0n) is 30.3. The highest BCUT2D eigenvalue weighted by Gasteiger charge is 1.99. The van der Waals surface area contributed by atoms with E-state index in [0.717, 1.165) is 12.8 Å². The fourth-order valence-corrected chi connectivity index (χ4v) is 1.49. The van der Waals surface area contributed by atoms with E-state index in [1.54, 1.807) is 41.5 Å². The molecule has 0 saturated carbocycles. The summed E-state index contributed by atoms with van der Waals surface area (Å²) in [6.07, 6.45) is -0.533.